The first-order valence-corrected chi connectivity index (χ1v) is 11.3. The summed E-state index contributed by atoms with van der Waals surface area (Å²) in [5, 5.41) is 0. The number of esters is 2. The number of hydrogen-bond acceptors (Lipinski definition) is 7. The second-order valence-corrected chi connectivity index (χ2v) is 9.15. The van der Waals surface area contributed by atoms with Crippen LogP contribution in [-0.4, -0.2) is 42.3 Å². The van der Waals surface area contributed by atoms with Gasteiger partial charge in [0.2, 0.25) is 5.78 Å². The quantitative estimate of drug-likeness (QED) is 0.189. The van der Waals surface area contributed by atoms with Gasteiger partial charge in [-0.15, -0.1) is 0 Å². The van der Waals surface area contributed by atoms with E-state index in [4.69, 9.17) is 14.2 Å². The maximum absolute atomic E-state index is 12.0. The van der Waals surface area contributed by atoms with E-state index >= 15 is 0 Å². The van der Waals surface area contributed by atoms with Gasteiger partial charge in [0.1, 0.15) is 19.0 Å². The fourth-order valence-electron chi connectivity index (χ4n) is 2.77. The van der Waals surface area contributed by atoms with E-state index in [1.807, 2.05) is 26.8 Å². The fourth-order valence-corrected chi connectivity index (χ4v) is 2.77. The molecule has 0 aliphatic heterocycles. The lowest BCUT2D eigenvalue weighted by Gasteiger charge is -2.22. The lowest BCUT2D eigenvalue weighted by Crippen LogP contribution is -2.36. The van der Waals surface area contributed by atoms with Crippen LogP contribution < -0.4 is 4.74 Å². The van der Waals surface area contributed by atoms with E-state index < -0.39 is 23.0 Å². The Kier molecular flexibility index (Phi) is 11.5. The van der Waals surface area contributed by atoms with Crippen molar-refractivity contribution in [3.05, 3.63) is 91.0 Å². The molecule has 2 aromatic carbocycles. The van der Waals surface area contributed by atoms with Gasteiger partial charge >= 0.3 is 11.9 Å². The molecule has 0 aliphatic carbocycles. The predicted molar refractivity (Wildman–Crippen MR) is 138 cm³/mol. The highest BCUT2D eigenvalue weighted by atomic mass is 16.6. The molecule has 2 aromatic rings. The van der Waals surface area contributed by atoms with Gasteiger partial charge in [0, 0.05) is 28.7 Å². The molecule has 0 aliphatic rings. The molecule has 7 heteroatoms. The van der Waals surface area contributed by atoms with Crippen molar-refractivity contribution < 1.29 is 33.4 Å². The molecular weight excluding hydrogens is 460 g/mol. The molecule has 0 aromatic heterocycles. The Morgan fingerprint density at radius 3 is 1.75 bits per heavy atom. The van der Waals surface area contributed by atoms with Crippen molar-refractivity contribution in [2.75, 3.05) is 13.2 Å². The van der Waals surface area contributed by atoms with Crippen molar-refractivity contribution in [2.45, 2.75) is 40.2 Å². The third-order valence-electron chi connectivity index (χ3n) is 4.67. The van der Waals surface area contributed by atoms with E-state index in [0.717, 1.165) is 12.2 Å². The summed E-state index contributed by atoms with van der Waals surface area (Å²) in [6.45, 7) is 15.8. The minimum Gasteiger partial charge on any atom is -0.490 e. The molecule has 0 heterocycles. The molecular formula is C29H34O7. The second kappa shape index (κ2) is 13.8. The normalized spacial score (nSPS) is 10.7. The van der Waals surface area contributed by atoms with Crippen LogP contribution in [-0.2, 0) is 19.1 Å². The Morgan fingerprint density at radius 1 is 0.722 bits per heavy atom. The zero-order valence-corrected chi connectivity index (χ0v) is 21.5. The summed E-state index contributed by atoms with van der Waals surface area (Å²) in [4.78, 5) is 45.9. The summed E-state index contributed by atoms with van der Waals surface area (Å²) in [6.07, 6.45) is 2.15. The maximum Gasteiger partial charge on any atom is 0.331 e. The van der Waals surface area contributed by atoms with Gasteiger partial charge in [0.05, 0.1) is 0 Å². The summed E-state index contributed by atoms with van der Waals surface area (Å²) < 4.78 is 15.2. The van der Waals surface area contributed by atoms with Gasteiger partial charge in [0.15, 0.2) is 11.4 Å². The molecule has 0 amide bonds. The smallest absolute Gasteiger partial charge is 0.331 e. The number of ketones is 2. The molecule has 0 unspecified atom stereocenters. The van der Waals surface area contributed by atoms with Crippen LogP contribution in [0.25, 0.3) is 0 Å². The molecule has 36 heavy (non-hydrogen) atoms. The number of carbonyl (C=O) groups excluding carboxylic acids is 4. The molecule has 192 valence electrons. The van der Waals surface area contributed by atoms with E-state index in [9.17, 15) is 19.2 Å². The maximum atomic E-state index is 12.0. The van der Waals surface area contributed by atoms with Gasteiger partial charge in [-0.3, -0.25) is 9.59 Å². The minimum atomic E-state index is -1.17. The first-order chi connectivity index (χ1) is 16.8. The van der Waals surface area contributed by atoms with Crippen LogP contribution in [0.5, 0.6) is 5.75 Å². The number of ether oxygens (including phenoxy) is 3. The van der Waals surface area contributed by atoms with Crippen molar-refractivity contribution in [2.24, 2.45) is 5.41 Å². The van der Waals surface area contributed by atoms with Crippen LogP contribution in [0.3, 0.4) is 0 Å². The van der Waals surface area contributed by atoms with Crippen molar-refractivity contribution >= 4 is 23.5 Å². The zero-order chi connectivity index (χ0) is 27.4. The van der Waals surface area contributed by atoms with Gasteiger partial charge in [-0.05, 0) is 38.1 Å². The Morgan fingerprint density at radius 2 is 1.25 bits per heavy atom. The van der Waals surface area contributed by atoms with Crippen LogP contribution in [0.1, 0.15) is 55.3 Å². The molecule has 0 saturated carbocycles. The van der Waals surface area contributed by atoms with Gasteiger partial charge in [-0.1, -0.05) is 64.3 Å². The third kappa shape index (κ3) is 10.1. The van der Waals surface area contributed by atoms with Crippen LogP contribution in [0.15, 0.2) is 79.9 Å². The predicted octanol–water partition coefficient (Wildman–Crippen LogP) is 5.40. The van der Waals surface area contributed by atoms with Crippen LogP contribution in [0.2, 0.25) is 0 Å². The number of Topliss-reactive ketones (excluding diaryl/α,β-unsaturated/α-hetero) is 2. The van der Waals surface area contributed by atoms with E-state index in [0.29, 0.717) is 16.9 Å². The van der Waals surface area contributed by atoms with Crippen LogP contribution in [0.4, 0.5) is 0 Å². The average Bonchev–Trinajstić information content (AvgIpc) is 2.85. The first-order valence-electron chi connectivity index (χ1n) is 11.3. The van der Waals surface area contributed by atoms with Crippen molar-refractivity contribution in [3.8, 4) is 5.75 Å². The standard InChI is InChI=1S/C16H20O4.C13H14O3/c1-5-14(17)20-11-10-19-13-8-6-12(7-9-13)15(18)16(2,3)4;1-4-11(14)16-13(2,3)12(15)10-8-6-5-7-9-10/h5-9H,1,10-11H2,2-4H3;4-9H,1H2,2-3H3. The Bertz CT molecular complexity index is 1060. The molecule has 0 N–H and O–H groups in total. The molecule has 0 spiro atoms. The third-order valence-corrected chi connectivity index (χ3v) is 4.67. The number of rotatable bonds is 10. The molecule has 0 bridgehead atoms. The van der Waals surface area contributed by atoms with Gasteiger partial charge in [0.25, 0.3) is 0 Å². The van der Waals surface area contributed by atoms with E-state index in [1.165, 1.54) is 0 Å². The lowest BCUT2D eigenvalue weighted by molar-refractivity contribution is -0.146. The molecule has 2 rings (SSSR count). The minimum absolute atomic E-state index is 0.0870. The van der Waals surface area contributed by atoms with Gasteiger partial charge in [-0.25, -0.2) is 9.59 Å². The van der Waals surface area contributed by atoms with Crippen LogP contribution >= 0.6 is 0 Å². The lowest BCUT2D eigenvalue weighted by atomic mass is 9.86. The summed E-state index contributed by atoms with van der Waals surface area (Å²) in [5.41, 5.74) is -0.402. The molecule has 0 atom stereocenters. The fraction of sp³-hybridized carbons (Fsp3) is 0.310. The van der Waals surface area contributed by atoms with Crippen molar-refractivity contribution in [1.82, 2.24) is 0 Å². The zero-order valence-electron chi connectivity index (χ0n) is 21.5. The van der Waals surface area contributed by atoms with E-state index in [1.54, 1.807) is 62.4 Å². The number of carbonyl (C=O) groups is 4. The SMILES string of the molecule is C=CC(=O)OC(C)(C)C(=O)c1ccccc1.C=CC(=O)OCCOc1ccc(C(=O)C(C)(C)C)cc1. The van der Waals surface area contributed by atoms with Crippen molar-refractivity contribution in [1.29, 1.82) is 0 Å². The van der Waals surface area contributed by atoms with Crippen molar-refractivity contribution in [3.63, 3.8) is 0 Å². The van der Waals surface area contributed by atoms with E-state index in [-0.39, 0.29) is 24.8 Å². The number of hydrogen-bond donors (Lipinski definition) is 0. The molecule has 0 radical (unpaired) electrons. The number of benzene rings is 2. The highest BCUT2D eigenvalue weighted by Crippen LogP contribution is 2.22. The Hall–Kier alpha value is -4.00. The first kappa shape index (κ1) is 30.0. The molecule has 0 saturated heterocycles. The largest absolute Gasteiger partial charge is 0.490 e. The topological polar surface area (TPSA) is 96.0 Å². The summed E-state index contributed by atoms with van der Waals surface area (Å²) in [5.74, 6) is -0.591. The summed E-state index contributed by atoms with van der Waals surface area (Å²) in [7, 11) is 0. The summed E-state index contributed by atoms with van der Waals surface area (Å²) >= 11 is 0. The van der Waals surface area contributed by atoms with Gasteiger partial charge < -0.3 is 14.2 Å². The van der Waals surface area contributed by atoms with Gasteiger partial charge in [-0.2, -0.15) is 0 Å². The Balaban J connectivity index is 0.000000369. The van der Waals surface area contributed by atoms with Crippen LogP contribution in [0, 0.1) is 5.41 Å². The average molecular weight is 495 g/mol. The van der Waals surface area contributed by atoms with E-state index in [2.05, 4.69) is 13.2 Å². The highest BCUT2D eigenvalue weighted by molar-refractivity contribution is 6.03. The highest BCUT2D eigenvalue weighted by Gasteiger charge is 2.32. The molecule has 7 nitrogen and oxygen atoms in total. The summed E-state index contributed by atoms with van der Waals surface area (Å²) in [6, 6.07) is 15.6. The monoisotopic (exact) mass is 494 g/mol. The molecule has 0 fully saturated rings. The second-order valence-electron chi connectivity index (χ2n) is 9.15. The Labute approximate surface area is 212 Å².